The number of hydrogen-bond acceptors (Lipinski definition) is 5. The highest BCUT2D eigenvalue weighted by molar-refractivity contribution is 7.92. The summed E-state index contributed by atoms with van der Waals surface area (Å²) in [5, 5.41) is 2.85. The first kappa shape index (κ1) is 23.1. The average Bonchev–Trinajstić information content (AvgIpc) is 2.78. The van der Waals surface area contributed by atoms with Gasteiger partial charge in [-0.25, -0.2) is 8.42 Å². The van der Waals surface area contributed by atoms with Crippen molar-refractivity contribution in [3.05, 3.63) is 78.9 Å². The van der Waals surface area contributed by atoms with Gasteiger partial charge in [0.25, 0.3) is 5.91 Å². The maximum Gasteiger partial charge on any atom is 0.265 e. The minimum Gasteiger partial charge on any atom is -0.481 e. The Labute approximate surface area is 188 Å². The van der Waals surface area contributed by atoms with Gasteiger partial charge in [-0.2, -0.15) is 0 Å². The van der Waals surface area contributed by atoms with E-state index in [1.54, 1.807) is 48.5 Å². The van der Waals surface area contributed by atoms with Gasteiger partial charge in [0, 0.05) is 12.7 Å². The van der Waals surface area contributed by atoms with Gasteiger partial charge in [0.05, 0.1) is 11.9 Å². The van der Waals surface area contributed by atoms with Crippen LogP contribution in [0.2, 0.25) is 0 Å². The molecule has 8 heteroatoms. The van der Waals surface area contributed by atoms with Crippen LogP contribution in [0, 0.1) is 0 Å². The van der Waals surface area contributed by atoms with Crippen LogP contribution in [0.25, 0.3) is 0 Å². The molecule has 0 aliphatic rings. The summed E-state index contributed by atoms with van der Waals surface area (Å²) < 4.78 is 36.0. The van der Waals surface area contributed by atoms with E-state index in [1.807, 2.05) is 37.3 Å². The molecule has 0 fully saturated rings. The molecule has 7 nitrogen and oxygen atoms in total. The fourth-order valence-electron chi connectivity index (χ4n) is 2.87. The predicted molar refractivity (Wildman–Crippen MR) is 126 cm³/mol. The Balaban J connectivity index is 1.60. The van der Waals surface area contributed by atoms with Crippen molar-refractivity contribution >= 4 is 27.3 Å². The third-order valence-electron chi connectivity index (χ3n) is 4.74. The van der Waals surface area contributed by atoms with E-state index in [-0.39, 0.29) is 5.91 Å². The van der Waals surface area contributed by atoms with E-state index in [2.05, 4.69) is 5.32 Å². The summed E-state index contributed by atoms with van der Waals surface area (Å²) in [6, 6.07) is 23.1. The van der Waals surface area contributed by atoms with E-state index in [1.165, 1.54) is 11.4 Å². The Morgan fingerprint density at radius 2 is 1.47 bits per heavy atom. The standard InChI is InChI=1S/C24H26N2O5S/c1-4-23(31-22-16-12-19(13-17-22)26(2)32(3,28)29)24(27)25-18-10-14-21(15-11-18)30-20-8-6-5-7-9-20/h5-17,23H,4H2,1-3H3,(H,25,27)/t23-/m1/s1. The molecule has 1 N–H and O–H groups in total. The molecule has 3 rings (SSSR count). The van der Waals surface area contributed by atoms with E-state index in [9.17, 15) is 13.2 Å². The topological polar surface area (TPSA) is 84.9 Å². The number of anilines is 2. The minimum atomic E-state index is -3.35. The van der Waals surface area contributed by atoms with Crippen LogP contribution in [0.1, 0.15) is 13.3 Å². The number of sulfonamides is 1. The highest BCUT2D eigenvalue weighted by Gasteiger charge is 2.19. The van der Waals surface area contributed by atoms with Crippen molar-refractivity contribution in [3.8, 4) is 17.2 Å². The van der Waals surface area contributed by atoms with Crippen molar-refractivity contribution in [2.24, 2.45) is 0 Å². The Bertz CT molecular complexity index is 1130. The fourth-order valence-corrected chi connectivity index (χ4v) is 3.37. The van der Waals surface area contributed by atoms with Crippen molar-refractivity contribution in [2.45, 2.75) is 19.4 Å². The molecule has 0 spiro atoms. The summed E-state index contributed by atoms with van der Waals surface area (Å²) in [5.74, 6) is 1.60. The van der Waals surface area contributed by atoms with E-state index < -0.39 is 16.1 Å². The molecule has 1 amide bonds. The number of amides is 1. The molecule has 0 saturated heterocycles. The quantitative estimate of drug-likeness (QED) is 0.508. The van der Waals surface area contributed by atoms with Gasteiger partial charge >= 0.3 is 0 Å². The number of nitrogens with zero attached hydrogens (tertiary/aromatic N) is 1. The second-order valence-electron chi connectivity index (χ2n) is 7.17. The zero-order chi connectivity index (χ0) is 23.1. The molecule has 0 aliphatic carbocycles. The van der Waals surface area contributed by atoms with Crippen LogP contribution in [0.5, 0.6) is 17.2 Å². The van der Waals surface area contributed by atoms with Crippen molar-refractivity contribution in [2.75, 3.05) is 22.9 Å². The molecule has 168 valence electrons. The van der Waals surface area contributed by atoms with Crippen LogP contribution in [-0.2, 0) is 14.8 Å². The molecule has 0 bridgehead atoms. The van der Waals surface area contributed by atoms with Crippen LogP contribution in [0.4, 0.5) is 11.4 Å². The highest BCUT2D eigenvalue weighted by Crippen LogP contribution is 2.24. The largest absolute Gasteiger partial charge is 0.481 e. The van der Waals surface area contributed by atoms with Crippen molar-refractivity contribution in [1.29, 1.82) is 0 Å². The first-order valence-electron chi connectivity index (χ1n) is 10.1. The SMILES string of the molecule is CC[C@@H](Oc1ccc(N(C)S(C)(=O)=O)cc1)C(=O)Nc1ccc(Oc2ccccc2)cc1. The Hall–Kier alpha value is -3.52. The Kier molecular flexibility index (Phi) is 7.37. The molecule has 32 heavy (non-hydrogen) atoms. The molecule has 0 unspecified atom stereocenters. The smallest absolute Gasteiger partial charge is 0.265 e. The van der Waals surface area contributed by atoms with Crippen LogP contribution < -0.4 is 19.1 Å². The van der Waals surface area contributed by atoms with Crippen LogP contribution in [-0.4, -0.2) is 33.7 Å². The summed E-state index contributed by atoms with van der Waals surface area (Å²) in [7, 11) is -1.87. The number of rotatable bonds is 9. The number of nitrogens with one attached hydrogen (secondary N) is 1. The number of carbonyl (C=O) groups excluding carboxylic acids is 1. The van der Waals surface area contributed by atoms with Gasteiger partial charge in [-0.15, -0.1) is 0 Å². The van der Waals surface area contributed by atoms with Crippen LogP contribution in [0.3, 0.4) is 0 Å². The maximum absolute atomic E-state index is 12.7. The number of hydrogen-bond donors (Lipinski definition) is 1. The molecule has 0 heterocycles. The molecule has 1 atom stereocenters. The summed E-state index contributed by atoms with van der Waals surface area (Å²) in [6.45, 7) is 1.85. The number of para-hydroxylation sites is 1. The number of ether oxygens (including phenoxy) is 2. The Morgan fingerprint density at radius 1 is 0.906 bits per heavy atom. The van der Waals surface area contributed by atoms with Gasteiger partial charge in [0.1, 0.15) is 17.2 Å². The highest BCUT2D eigenvalue weighted by atomic mass is 32.2. The molecular weight excluding hydrogens is 428 g/mol. The maximum atomic E-state index is 12.7. The van der Waals surface area contributed by atoms with Gasteiger partial charge in [-0.1, -0.05) is 25.1 Å². The van der Waals surface area contributed by atoms with Gasteiger partial charge < -0.3 is 14.8 Å². The van der Waals surface area contributed by atoms with Gasteiger partial charge in [-0.05, 0) is 67.1 Å². The molecule has 0 radical (unpaired) electrons. The number of benzene rings is 3. The van der Waals surface area contributed by atoms with Crippen molar-refractivity contribution in [1.82, 2.24) is 0 Å². The van der Waals surface area contributed by atoms with Crippen molar-refractivity contribution < 1.29 is 22.7 Å². The summed E-state index contributed by atoms with van der Waals surface area (Å²) >= 11 is 0. The second kappa shape index (κ2) is 10.2. The monoisotopic (exact) mass is 454 g/mol. The molecule has 0 saturated carbocycles. The lowest BCUT2D eigenvalue weighted by atomic mass is 10.2. The minimum absolute atomic E-state index is 0.276. The molecule has 3 aromatic carbocycles. The third kappa shape index (κ3) is 6.24. The van der Waals surface area contributed by atoms with Gasteiger partial charge in [0.15, 0.2) is 6.10 Å². The normalized spacial score (nSPS) is 12.0. The molecule has 0 aliphatic heterocycles. The lowest BCUT2D eigenvalue weighted by molar-refractivity contribution is -0.122. The van der Waals surface area contributed by atoms with E-state index in [4.69, 9.17) is 9.47 Å². The summed E-state index contributed by atoms with van der Waals surface area (Å²) in [6.07, 6.45) is 0.898. The van der Waals surface area contributed by atoms with Crippen molar-refractivity contribution in [3.63, 3.8) is 0 Å². The van der Waals surface area contributed by atoms with Crippen LogP contribution in [0.15, 0.2) is 78.9 Å². The average molecular weight is 455 g/mol. The second-order valence-corrected chi connectivity index (χ2v) is 9.18. The zero-order valence-electron chi connectivity index (χ0n) is 18.2. The molecular formula is C24H26N2O5S. The molecule has 0 aromatic heterocycles. The Morgan fingerprint density at radius 3 is 2.03 bits per heavy atom. The van der Waals surface area contributed by atoms with E-state index >= 15 is 0 Å². The third-order valence-corrected chi connectivity index (χ3v) is 5.95. The first-order valence-corrected chi connectivity index (χ1v) is 12.0. The molecule has 3 aromatic rings. The first-order chi connectivity index (χ1) is 15.3. The fraction of sp³-hybridized carbons (Fsp3) is 0.208. The lowest BCUT2D eigenvalue weighted by Crippen LogP contribution is -2.32. The predicted octanol–water partition coefficient (Wildman–Crippen LogP) is 4.67. The summed E-state index contributed by atoms with van der Waals surface area (Å²) in [4.78, 5) is 12.7. The lowest BCUT2D eigenvalue weighted by Gasteiger charge is -2.19. The van der Waals surface area contributed by atoms with Crippen LogP contribution >= 0.6 is 0 Å². The zero-order valence-corrected chi connectivity index (χ0v) is 19.0. The number of carbonyl (C=O) groups is 1. The summed E-state index contributed by atoms with van der Waals surface area (Å²) in [5.41, 5.74) is 1.14. The van der Waals surface area contributed by atoms with Gasteiger partial charge in [-0.3, -0.25) is 9.10 Å². The van der Waals surface area contributed by atoms with E-state index in [0.29, 0.717) is 29.3 Å². The van der Waals surface area contributed by atoms with E-state index in [0.717, 1.165) is 12.0 Å². The van der Waals surface area contributed by atoms with Gasteiger partial charge in [0.2, 0.25) is 10.0 Å².